The normalized spacial score (nSPS) is 15.4. The largest absolute Gasteiger partial charge is 0.478 e. The summed E-state index contributed by atoms with van der Waals surface area (Å²) in [5, 5.41) is 8.56. The molecule has 0 aliphatic heterocycles. The highest BCUT2D eigenvalue weighted by Crippen LogP contribution is 2.29. The minimum Gasteiger partial charge on any atom is -0.478 e. The number of benzene rings is 1. The van der Waals surface area contributed by atoms with Gasteiger partial charge in [0, 0.05) is 18.2 Å². The van der Waals surface area contributed by atoms with Gasteiger partial charge in [-0.05, 0) is 36.1 Å². The van der Waals surface area contributed by atoms with Crippen molar-refractivity contribution in [2.45, 2.75) is 32.3 Å². The van der Waals surface area contributed by atoms with Crippen LogP contribution in [-0.4, -0.2) is 17.7 Å². The number of aliphatic carboxylic acids is 1. The Bertz CT molecular complexity index is 492. The average Bonchev–Trinajstić information content (AvgIpc) is 2.36. The lowest BCUT2D eigenvalue weighted by atomic mass is 9.83. The summed E-state index contributed by atoms with van der Waals surface area (Å²) in [5.41, 5.74) is 1.12. The number of rotatable bonds is 7. The molecule has 0 radical (unpaired) electrons. The van der Waals surface area contributed by atoms with Crippen LogP contribution in [0.25, 0.3) is 6.08 Å². The van der Waals surface area contributed by atoms with E-state index >= 15 is 0 Å². The predicted molar refractivity (Wildman–Crippen MR) is 74.7 cm³/mol. The molecule has 3 nitrogen and oxygen atoms in total. The minimum atomic E-state index is -1.09. The van der Waals surface area contributed by atoms with Crippen molar-refractivity contribution in [3.8, 4) is 0 Å². The van der Waals surface area contributed by atoms with Gasteiger partial charge in [0.05, 0.1) is 6.61 Å². The van der Waals surface area contributed by atoms with Crippen LogP contribution in [0.2, 0.25) is 0 Å². The highest BCUT2D eigenvalue weighted by molar-refractivity contribution is 5.85. The second-order valence-electron chi connectivity index (χ2n) is 5.17. The SMILES string of the molecule is O=C(O)/C=C/c1cc(COCCC2CCC2)ccc1F. The molecule has 1 aliphatic carbocycles. The number of hydrogen-bond acceptors (Lipinski definition) is 2. The zero-order valence-corrected chi connectivity index (χ0v) is 11.3. The van der Waals surface area contributed by atoms with Gasteiger partial charge in [-0.1, -0.05) is 25.3 Å². The first-order valence-electron chi connectivity index (χ1n) is 6.92. The van der Waals surface area contributed by atoms with E-state index in [4.69, 9.17) is 9.84 Å². The number of carboxylic acids is 1. The minimum absolute atomic E-state index is 0.271. The molecule has 108 valence electrons. The monoisotopic (exact) mass is 278 g/mol. The zero-order chi connectivity index (χ0) is 14.4. The molecule has 0 amide bonds. The summed E-state index contributed by atoms with van der Waals surface area (Å²) in [6, 6.07) is 4.63. The van der Waals surface area contributed by atoms with Gasteiger partial charge in [-0.15, -0.1) is 0 Å². The van der Waals surface area contributed by atoms with Crippen molar-refractivity contribution in [1.82, 2.24) is 0 Å². The topological polar surface area (TPSA) is 46.5 Å². The molecule has 1 N–H and O–H groups in total. The van der Waals surface area contributed by atoms with Crippen LogP contribution >= 0.6 is 0 Å². The Morgan fingerprint density at radius 1 is 1.45 bits per heavy atom. The van der Waals surface area contributed by atoms with E-state index in [1.807, 2.05) is 0 Å². The number of ether oxygens (including phenoxy) is 1. The highest BCUT2D eigenvalue weighted by atomic mass is 19.1. The molecule has 1 aromatic carbocycles. The summed E-state index contributed by atoms with van der Waals surface area (Å²) < 4.78 is 19.1. The molecule has 20 heavy (non-hydrogen) atoms. The molecule has 0 aromatic heterocycles. The molecule has 2 rings (SSSR count). The van der Waals surface area contributed by atoms with Crippen LogP contribution in [0.5, 0.6) is 0 Å². The number of carboxylic acid groups (broad SMARTS) is 1. The second kappa shape index (κ2) is 7.20. The van der Waals surface area contributed by atoms with E-state index in [0.717, 1.165) is 30.6 Å². The molecule has 1 fully saturated rings. The van der Waals surface area contributed by atoms with Gasteiger partial charge in [-0.3, -0.25) is 0 Å². The van der Waals surface area contributed by atoms with Crippen molar-refractivity contribution in [2.75, 3.05) is 6.61 Å². The molecular formula is C16H19FO3. The Balaban J connectivity index is 1.84. The quantitative estimate of drug-likeness (QED) is 0.612. The van der Waals surface area contributed by atoms with Crippen molar-refractivity contribution < 1.29 is 19.0 Å². The van der Waals surface area contributed by atoms with Crippen LogP contribution in [0, 0.1) is 11.7 Å². The molecular weight excluding hydrogens is 259 g/mol. The Morgan fingerprint density at radius 2 is 2.25 bits per heavy atom. The van der Waals surface area contributed by atoms with Crippen molar-refractivity contribution in [2.24, 2.45) is 5.92 Å². The van der Waals surface area contributed by atoms with Crippen LogP contribution in [0.4, 0.5) is 4.39 Å². The van der Waals surface area contributed by atoms with E-state index in [2.05, 4.69) is 0 Å². The molecule has 0 unspecified atom stereocenters. The van der Waals surface area contributed by atoms with Gasteiger partial charge < -0.3 is 9.84 Å². The molecule has 1 aliphatic rings. The van der Waals surface area contributed by atoms with Crippen molar-refractivity contribution >= 4 is 12.0 Å². The summed E-state index contributed by atoms with van der Waals surface area (Å²) in [7, 11) is 0. The maximum Gasteiger partial charge on any atom is 0.328 e. The van der Waals surface area contributed by atoms with Crippen molar-refractivity contribution in [3.63, 3.8) is 0 Å². The fraction of sp³-hybridized carbons (Fsp3) is 0.438. The molecule has 0 spiro atoms. The molecule has 4 heteroatoms. The second-order valence-corrected chi connectivity index (χ2v) is 5.17. The summed E-state index contributed by atoms with van der Waals surface area (Å²) in [6.45, 7) is 1.16. The average molecular weight is 278 g/mol. The van der Waals surface area contributed by atoms with E-state index in [-0.39, 0.29) is 5.56 Å². The molecule has 0 saturated heterocycles. The first-order valence-corrected chi connectivity index (χ1v) is 6.92. The third kappa shape index (κ3) is 4.46. The van der Waals surface area contributed by atoms with Crippen molar-refractivity contribution in [1.29, 1.82) is 0 Å². The number of carbonyl (C=O) groups is 1. The lowest BCUT2D eigenvalue weighted by Gasteiger charge is -2.24. The Kier molecular flexibility index (Phi) is 5.30. The lowest BCUT2D eigenvalue weighted by molar-refractivity contribution is -0.131. The molecule has 0 heterocycles. The van der Waals surface area contributed by atoms with Crippen LogP contribution in [0.3, 0.4) is 0 Å². The predicted octanol–water partition coefficient (Wildman–Crippen LogP) is 3.63. The maximum atomic E-state index is 13.5. The fourth-order valence-electron chi connectivity index (χ4n) is 2.19. The maximum absolute atomic E-state index is 13.5. The van der Waals surface area contributed by atoms with Crippen LogP contribution in [0.1, 0.15) is 36.8 Å². The van der Waals surface area contributed by atoms with E-state index in [9.17, 15) is 9.18 Å². The van der Waals surface area contributed by atoms with Gasteiger partial charge >= 0.3 is 5.97 Å². The number of hydrogen-bond donors (Lipinski definition) is 1. The smallest absolute Gasteiger partial charge is 0.328 e. The van der Waals surface area contributed by atoms with Gasteiger partial charge in [-0.25, -0.2) is 9.18 Å². The first kappa shape index (κ1) is 14.7. The summed E-state index contributed by atoms with van der Waals surface area (Å²) in [6.07, 6.45) is 7.23. The fourth-order valence-corrected chi connectivity index (χ4v) is 2.19. The van der Waals surface area contributed by atoms with E-state index in [1.54, 1.807) is 12.1 Å². The van der Waals surface area contributed by atoms with Crippen LogP contribution in [0.15, 0.2) is 24.3 Å². The van der Waals surface area contributed by atoms with E-state index < -0.39 is 11.8 Å². The zero-order valence-electron chi connectivity index (χ0n) is 11.3. The molecule has 1 saturated carbocycles. The first-order chi connectivity index (χ1) is 9.65. The third-order valence-corrected chi connectivity index (χ3v) is 3.63. The van der Waals surface area contributed by atoms with Gasteiger partial charge in [0.15, 0.2) is 0 Å². The summed E-state index contributed by atoms with van der Waals surface area (Å²) in [5.74, 6) is -0.704. The molecule has 0 bridgehead atoms. The Hall–Kier alpha value is -1.68. The third-order valence-electron chi connectivity index (χ3n) is 3.63. The Labute approximate surface area is 118 Å². The lowest BCUT2D eigenvalue weighted by Crippen LogP contribution is -2.13. The molecule has 0 atom stereocenters. The van der Waals surface area contributed by atoms with Crippen LogP contribution < -0.4 is 0 Å². The van der Waals surface area contributed by atoms with Gasteiger partial charge in [0.1, 0.15) is 5.82 Å². The van der Waals surface area contributed by atoms with Gasteiger partial charge in [0.25, 0.3) is 0 Å². The van der Waals surface area contributed by atoms with E-state index in [0.29, 0.717) is 6.61 Å². The summed E-state index contributed by atoms with van der Waals surface area (Å²) in [4.78, 5) is 10.4. The highest BCUT2D eigenvalue weighted by Gasteiger charge is 2.16. The summed E-state index contributed by atoms with van der Waals surface area (Å²) >= 11 is 0. The van der Waals surface area contributed by atoms with Crippen molar-refractivity contribution in [3.05, 3.63) is 41.2 Å². The van der Waals surface area contributed by atoms with Crippen LogP contribution in [-0.2, 0) is 16.1 Å². The standard InChI is InChI=1S/C16H19FO3/c17-15-6-4-13(10-14(15)5-7-16(18)19)11-20-9-8-12-2-1-3-12/h4-7,10,12H,1-3,8-9,11H2,(H,18,19)/b7-5+. The number of halogens is 1. The molecule has 1 aromatic rings. The van der Waals surface area contributed by atoms with Gasteiger partial charge in [0.2, 0.25) is 0 Å². The Morgan fingerprint density at radius 3 is 2.90 bits per heavy atom. The van der Waals surface area contributed by atoms with Gasteiger partial charge in [-0.2, -0.15) is 0 Å². The van der Waals surface area contributed by atoms with E-state index in [1.165, 1.54) is 31.4 Å².